The molecule has 1 saturated heterocycles. The number of aryl methyl sites for hydroxylation is 1. The van der Waals surface area contributed by atoms with Crippen LogP contribution in [0.1, 0.15) is 35.7 Å². The van der Waals surface area contributed by atoms with Crippen molar-refractivity contribution in [3.63, 3.8) is 0 Å². The predicted octanol–water partition coefficient (Wildman–Crippen LogP) is 3.15. The highest BCUT2D eigenvalue weighted by molar-refractivity contribution is 6.20. The molecule has 5 heteroatoms. The molecule has 0 atom stereocenters. The van der Waals surface area contributed by atoms with Crippen LogP contribution in [0.25, 0.3) is 0 Å². The summed E-state index contributed by atoms with van der Waals surface area (Å²) >= 11 is 0. The van der Waals surface area contributed by atoms with Gasteiger partial charge in [0.1, 0.15) is 0 Å². The molecule has 3 amide bonds. The molecule has 0 bridgehead atoms. The van der Waals surface area contributed by atoms with Gasteiger partial charge < -0.3 is 5.32 Å². The highest BCUT2D eigenvalue weighted by Gasteiger charge is 2.30. The number of imide groups is 1. The lowest BCUT2D eigenvalue weighted by molar-refractivity contribution is -0.121. The summed E-state index contributed by atoms with van der Waals surface area (Å²) < 4.78 is 0. The van der Waals surface area contributed by atoms with Gasteiger partial charge in [-0.15, -0.1) is 0 Å². The zero-order chi connectivity index (χ0) is 17.1. The van der Waals surface area contributed by atoms with Crippen LogP contribution in [0.4, 0.5) is 11.4 Å². The maximum atomic E-state index is 12.3. The van der Waals surface area contributed by atoms with E-state index in [1.165, 1.54) is 4.90 Å². The third-order valence-electron chi connectivity index (χ3n) is 4.03. The number of benzene rings is 2. The Morgan fingerprint density at radius 2 is 1.71 bits per heavy atom. The van der Waals surface area contributed by atoms with E-state index in [9.17, 15) is 14.4 Å². The van der Waals surface area contributed by atoms with Crippen LogP contribution in [0.5, 0.6) is 0 Å². The first-order valence-corrected chi connectivity index (χ1v) is 7.94. The number of nitrogens with zero attached hydrogens (tertiary/aromatic N) is 1. The summed E-state index contributed by atoms with van der Waals surface area (Å²) in [5.41, 5.74) is 2.87. The molecule has 122 valence electrons. The first-order valence-electron chi connectivity index (χ1n) is 7.94. The molecule has 0 saturated carbocycles. The zero-order valence-electron chi connectivity index (χ0n) is 13.4. The molecule has 0 aliphatic carbocycles. The second-order valence-electron chi connectivity index (χ2n) is 5.68. The fourth-order valence-electron chi connectivity index (χ4n) is 2.70. The Labute approximate surface area is 140 Å². The quantitative estimate of drug-likeness (QED) is 0.879. The van der Waals surface area contributed by atoms with Gasteiger partial charge in [0.05, 0.1) is 5.69 Å². The summed E-state index contributed by atoms with van der Waals surface area (Å²) in [7, 11) is 0. The number of hydrogen-bond acceptors (Lipinski definition) is 3. The highest BCUT2D eigenvalue weighted by atomic mass is 16.2. The zero-order valence-corrected chi connectivity index (χ0v) is 13.4. The van der Waals surface area contributed by atoms with Gasteiger partial charge in [0.2, 0.25) is 11.8 Å². The van der Waals surface area contributed by atoms with Crippen molar-refractivity contribution in [2.24, 2.45) is 0 Å². The van der Waals surface area contributed by atoms with Crippen LogP contribution in [0.15, 0.2) is 48.5 Å². The van der Waals surface area contributed by atoms with Crippen LogP contribution in [0, 0.1) is 0 Å². The molecule has 1 heterocycles. The molecule has 0 spiro atoms. The van der Waals surface area contributed by atoms with Crippen molar-refractivity contribution >= 4 is 29.1 Å². The van der Waals surface area contributed by atoms with Gasteiger partial charge in [-0.05, 0) is 48.4 Å². The topological polar surface area (TPSA) is 66.5 Å². The molecule has 5 nitrogen and oxygen atoms in total. The van der Waals surface area contributed by atoms with Gasteiger partial charge in [-0.1, -0.05) is 19.1 Å². The summed E-state index contributed by atoms with van der Waals surface area (Å²) in [6.45, 7) is 2.06. The van der Waals surface area contributed by atoms with Gasteiger partial charge >= 0.3 is 0 Å². The smallest absolute Gasteiger partial charge is 0.255 e. The lowest BCUT2D eigenvalue weighted by Crippen LogP contribution is -2.28. The standard InChI is InChI=1S/C19H18N2O3/c1-2-13-4-3-5-15(12-13)20-19(24)14-6-8-16(9-7-14)21-17(22)10-11-18(21)23/h3-9,12H,2,10-11H2,1H3,(H,20,24). The Bertz CT molecular complexity index is 781. The minimum atomic E-state index is -0.228. The van der Waals surface area contributed by atoms with Crippen LogP contribution in [0.2, 0.25) is 0 Å². The lowest BCUT2D eigenvalue weighted by atomic mass is 10.1. The van der Waals surface area contributed by atoms with Crippen LogP contribution in [-0.4, -0.2) is 17.7 Å². The van der Waals surface area contributed by atoms with E-state index in [0.717, 1.165) is 17.7 Å². The normalized spacial score (nSPS) is 14.1. The second-order valence-corrected chi connectivity index (χ2v) is 5.68. The molecule has 1 N–H and O–H groups in total. The van der Waals surface area contributed by atoms with Gasteiger partial charge in [-0.3, -0.25) is 19.3 Å². The second kappa shape index (κ2) is 6.66. The monoisotopic (exact) mass is 322 g/mol. The summed E-state index contributed by atoms with van der Waals surface area (Å²) in [4.78, 5) is 37.0. The van der Waals surface area contributed by atoms with E-state index in [1.54, 1.807) is 24.3 Å². The summed E-state index contributed by atoms with van der Waals surface area (Å²) in [6, 6.07) is 14.2. The molecule has 1 aliphatic rings. The third-order valence-corrected chi connectivity index (χ3v) is 4.03. The number of carbonyl (C=O) groups is 3. The molecule has 24 heavy (non-hydrogen) atoms. The molecule has 1 fully saturated rings. The van der Waals surface area contributed by atoms with E-state index >= 15 is 0 Å². The Kier molecular flexibility index (Phi) is 4.42. The Morgan fingerprint density at radius 1 is 1.04 bits per heavy atom. The van der Waals surface area contributed by atoms with Crippen LogP contribution in [-0.2, 0) is 16.0 Å². The minimum Gasteiger partial charge on any atom is -0.322 e. The van der Waals surface area contributed by atoms with Crippen molar-refractivity contribution in [2.75, 3.05) is 10.2 Å². The number of hydrogen-bond donors (Lipinski definition) is 1. The molecular formula is C19H18N2O3. The van der Waals surface area contributed by atoms with Crippen molar-refractivity contribution < 1.29 is 14.4 Å². The summed E-state index contributed by atoms with van der Waals surface area (Å²) in [5.74, 6) is -0.629. The van der Waals surface area contributed by atoms with Crippen LogP contribution >= 0.6 is 0 Å². The predicted molar refractivity (Wildman–Crippen MR) is 91.9 cm³/mol. The number of nitrogens with one attached hydrogen (secondary N) is 1. The van der Waals surface area contributed by atoms with Gasteiger partial charge in [-0.25, -0.2) is 0 Å². The summed E-state index contributed by atoms with van der Waals surface area (Å²) in [5, 5.41) is 2.85. The van der Waals surface area contributed by atoms with Gasteiger partial charge in [-0.2, -0.15) is 0 Å². The highest BCUT2D eigenvalue weighted by Crippen LogP contribution is 2.23. The van der Waals surface area contributed by atoms with E-state index in [4.69, 9.17) is 0 Å². The first-order chi connectivity index (χ1) is 11.6. The first kappa shape index (κ1) is 15.9. The SMILES string of the molecule is CCc1cccc(NC(=O)c2ccc(N3C(=O)CCC3=O)cc2)c1. The number of carbonyl (C=O) groups excluding carboxylic acids is 3. The Hall–Kier alpha value is -2.95. The average Bonchev–Trinajstić information content (AvgIpc) is 2.94. The number of rotatable bonds is 4. The average molecular weight is 322 g/mol. The molecule has 0 aromatic heterocycles. The molecule has 0 radical (unpaired) electrons. The molecule has 2 aromatic rings. The molecule has 2 aromatic carbocycles. The number of amides is 3. The van der Waals surface area contributed by atoms with Gasteiger partial charge in [0.15, 0.2) is 0 Å². The Balaban J connectivity index is 1.74. The fourth-order valence-corrected chi connectivity index (χ4v) is 2.70. The van der Waals surface area contributed by atoms with Crippen molar-refractivity contribution in [3.8, 4) is 0 Å². The van der Waals surface area contributed by atoms with E-state index in [2.05, 4.69) is 12.2 Å². The third kappa shape index (κ3) is 3.20. The molecular weight excluding hydrogens is 304 g/mol. The van der Waals surface area contributed by atoms with Crippen molar-refractivity contribution in [1.29, 1.82) is 0 Å². The maximum absolute atomic E-state index is 12.3. The van der Waals surface area contributed by atoms with Crippen molar-refractivity contribution in [3.05, 3.63) is 59.7 Å². The van der Waals surface area contributed by atoms with E-state index in [0.29, 0.717) is 11.3 Å². The van der Waals surface area contributed by atoms with Crippen molar-refractivity contribution in [2.45, 2.75) is 26.2 Å². The number of anilines is 2. The lowest BCUT2D eigenvalue weighted by Gasteiger charge is -2.14. The van der Waals surface area contributed by atoms with E-state index in [-0.39, 0.29) is 30.6 Å². The molecule has 3 rings (SSSR count). The molecule has 0 unspecified atom stereocenters. The van der Waals surface area contributed by atoms with Crippen LogP contribution < -0.4 is 10.2 Å². The summed E-state index contributed by atoms with van der Waals surface area (Å²) in [6.07, 6.45) is 1.39. The maximum Gasteiger partial charge on any atom is 0.255 e. The molecule has 1 aliphatic heterocycles. The van der Waals surface area contributed by atoms with Crippen molar-refractivity contribution in [1.82, 2.24) is 0 Å². The largest absolute Gasteiger partial charge is 0.322 e. The van der Waals surface area contributed by atoms with E-state index < -0.39 is 0 Å². The van der Waals surface area contributed by atoms with Gasteiger partial charge in [0.25, 0.3) is 5.91 Å². The van der Waals surface area contributed by atoms with Gasteiger partial charge in [0, 0.05) is 24.1 Å². The van der Waals surface area contributed by atoms with Crippen LogP contribution in [0.3, 0.4) is 0 Å². The minimum absolute atomic E-state index is 0.200. The Morgan fingerprint density at radius 3 is 2.33 bits per heavy atom. The fraction of sp³-hybridized carbons (Fsp3) is 0.211. The van der Waals surface area contributed by atoms with E-state index in [1.807, 2.05) is 24.3 Å².